The molecule has 0 aliphatic carbocycles. The Morgan fingerprint density at radius 3 is 2.42 bits per heavy atom. The molecule has 108 valence electrons. The van der Waals surface area contributed by atoms with E-state index in [1.165, 1.54) is 12.1 Å². The van der Waals surface area contributed by atoms with Crippen LogP contribution in [-0.2, 0) is 10.0 Å². The summed E-state index contributed by atoms with van der Waals surface area (Å²) in [6, 6.07) is 4.78. The Hall–Kier alpha value is -1.27. The summed E-state index contributed by atoms with van der Waals surface area (Å²) in [4.78, 5) is 0.0325. The molecule has 19 heavy (non-hydrogen) atoms. The zero-order valence-corrected chi connectivity index (χ0v) is 12.5. The Bertz CT molecular complexity index is 529. The van der Waals surface area contributed by atoms with Crippen LogP contribution in [0.4, 0.5) is 11.4 Å². The standard InChI is InChI=1S/C13H23N3O2S/c1-4-9(2)7-10(3)16-13-6-5-11(8-12(13)14)19(15,17)18/h5-6,8-10,16H,4,7,14H2,1-3H3,(H2,15,17,18). The Labute approximate surface area is 115 Å². The molecule has 0 aromatic heterocycles. The van der Waals surface area contributed by atoms with E-state index in [1.54, 1.807) is 6.07 Å². The summed E-state index contributed by atoms with van der Waals surface area (Å²) in [5.74, 6) is 0.632. The number of rotatable bonds is 6. The number of nitrogens with two attached hydrogens (primary N) is 2. The van der Waals surface area contributed by atoms with E-state index in [2.05, 4.69) is 26.1 Å². The van der Waals surface area contributed by atoms with Gasteiger partial charge in [-0.2, -0.15) is 0 Å². The van der Waals surface area contributed by atoms with Gasteiger partial charge in [-0.15, -0.1) is 0 Å². The minimum atomic E-state index is -3.70. The first kappa shape index (κ1) is 15.8. The third kappa shape index (κ3) is 4.72. The van der Waals surface area contributed by atoms with Gasteiger partial charge in [0.2, 0.25) is 10.0 Å². The normalized spacial score (nSPS) is 14.9. The van der Waals surface area contributed by atoms with Gasteiger partial charge in [0.15, 0.2) is 0 Å². The van der Waals surface area contributed by atoms with Crippen LogP contribution in [0, 0.1) is 5.92 Å². The maximum absolute atomic E-state index is 11.2. The van der Waals surface area contributed by atoms with E-state index in [0.717, 1.165) is 18.5 Å². The van der Waals surface area contributed by atoms with E-state index in [-0.39, 0.29) is 10.9 Å². The molecule has 0 aliphatic rings. The first-order chi connectivity index (χ1) is 8.74. The molecular weight excluding hydrogens is 262 g/mol. The number of benzene rings is 1. The lowest BCUT2D eigenvalue weighted by Crippen LogP contribution is -2.19. The average Bonchev–Trinajstić information content (AvgIpc) is 2.30. The molecule has 0 saturated heterocycles. The van der Waals surface area contributed by atoms with Crippen molar-refractivity contribution in [3.63, 3.8) is 0 Å². The van der Waals surface area contributed by atoms with Crippen LogP contribution < -0.4 is 16.2 Å². The van der Waals surface area contributed by atoms with Crippen molar-refractivity contribution in [1.29, 1.82) is 0 Å². The highest BCUT2D eigenvalue weighted by molar-refractivity contribution is 7.89. The lowest BCUT2D eigenvalue weighted by molar-refractivity contribution is 0.484. The number of hydrogen-bond donors (Lipinski definition) is 3. The molecule has 5 N–H and O–H groups in total. The number of anilines is 2. The molecule has 5 nitrogen and oxygen atoms in total. The highest BCUT2D eigenvalue weighted by Gasteiger charge is 2.12. The molecule has 1 aromatic rings. The van der Waals surface area contributed by atoms with Crippen LogP contribution in [-0.4, -0.2) is 14.5 Å². The van der Waals surface area contributed by atoms with Crippen molar-refractivity contribution in [3.05, 3.63) is 18.2 Å². The number of sulfonamides is 1. The predicted molar refractivity (Wildman–Crippen MR) is 79.4 cm³/mol. The Morgan fingerprint density at radius 1 is 1.32 bits per heavy atom. The van der Waals surface area contributed by atoms with Crippen LogP contribution in [0.2, 0.25) is 0 Å². The molecule has 2 atom stereocenters. The van der Waals surface area contributed by atoms with Crippen molar-refractivity contribution >= 4 is 21.4 Å². The quantitative estimate of drug-likeness (QED) is 0.697. The van der Waals surface area contributed by atoms with Gasteiger partial charge in [-0.1, -0.05) is 20.3 Å². The predicted octanol–water partition coefficient (Wildman–Crippen LogP) is 2.15. The van der Waals surface area contributed by atoms with Gasteiger partial charge in [0, 0.05) is 6.04 Å². The first-order valence-corrected chi connectivity index (χ1v) is 7.97. The van der Waals surface area contributed by atoms with Crippen LogP contribution in [0.3, 0.4) is 0 Å². The van der Waals surface area contributed by atoms with Crippen molar-refractivity contribution in [2.45, 2.75) is 44.6 Å². The van der Waals surface area contributed by atoms with Crippen LogP contribution >= 0.6 is 0 Å². The maximum Gasteiger partial charge on any atom is 0.238 e. The summed E-state index contributed by atoms with van der Waals surface area (Å²) in [7, 11) is -3.70. The molecule has 0 aliphatic heterocycles. The third-order valence-electron chi connectivity index (χ3n) is 3.21. The molecular formula is C13H23N3O2S. The molecule has 6 heteroatoms. The topological polar surface area (TPSA) is 98.2 Å². The van der Waals surface area contributed by atoms with E-state index in [0.29, 0.717) is 11.6 Å². The summed E-state index contributed by atoms with van der Waals surface area (Å²) in [6.07, 6.45) is 2.17. The molecule has 0 radical (unpaired) electrons. The smallest absolute Gasteiger partial charge is 0.238 e. The maximum atomic E-state index is 11.2. The zero-order valence-electron chi connectivity index (χ0n) is 11.7. The van der Waals surface area contributed by atoms with Gasteiger partial charge in [-0.05, 0) is 37.5 Å². The van der Waals surface area contributed by atoms with Crippen LogP contribution in [0.1, 0.15) is 33.6 Å². The molecule has 1 rings (SSSR count). The van der Waals surface area contributed by atoms with Crippen molar-refractivity contribution in [2.75, 3.05) is 11.1 Å². The fourth-order valence-corrected chi connectivity index (χ4v) is 2.49. The van der Waals surface area contributed by atoms with Crippen molar-refractivity contribution < 1.29 is 8.42 Å². The second kappa shape index (κ2) is 6.25. The lowest BCUT2D eigenvalue weighted by Gasteiger charge is -2.20. The molecule has 1 aromatic carbocycles. The van der Waals surface area contributed by atoms with E-state index < -0.39 is 10.0 Å². The Kier molecular flexibility index (Phi) is 5.20. The summed E-state index contributed by atoms with van der Waals surface area (Å²) in [5, 5.41) is 8.35. The summed E-state index contributed by atoms with van der Waals surface area (Å²) in [5.41, 5.74) is 6.98. The van der Waals surface area contributed by atoms with E-state index in [1.807, 2.05) is 0 Å². The van der Waals surface area contributed by atoms with Crippen molar-refractivity contribution in [3.8, 4) is 0 Å². The third-order valence-corrected chi connectivity index (χ3v) is 4.12. The molecule has 2 unspecified atom stereocenters. The minimum absolute atomic E-state index is 0.0325. The fourth-order valence-electron chi connectivity index (χ4n) is 1.94. The molecule has 0 fully saturated rings. The highest BCUT2D eigenvalue weighted by Crippen LogP contribution is 2.24. The van der Waals surface area contributed by atoms with E-state index in [9.17, 15) is 8.42 Å². The van der Waals surface area contributed by atoms with Gasteiger partial charge in [-0.25, -0.2) is 13.6 Å². The number of hydrogen-bond acceptors (Lipinski definition) is 4. The van der Waals surface area contributed by atoms with Crippen LogP contribution in [0.15, 0.2) is 23.1 Å². The average molecular weight is 285 g/mol. The number of primary sulfonamides is 1. The van der Waals surface area contributed by atoms with Gasteiger partial charge in [0.25, 0.3) is 0 Å². The summed E-state index contributed by atoms with van der Waals surface area (Å²) >= 11 is 0. The largest absolute Gasteiger partial charge is 0.397 e. The van der Waals surface area contributed by atoms with Gasteiger partial charge in [0.1, 0.15) is 0 Å². The van der Waals surface area contributed by atoms with E-state index in [4.69, 9.17) is 10.9 Å². The zero-order chi connectivity index (χ0) is 14.6. The minimum Gasteiger partial charge on any atom is -0.397 e. The molecule has 0 bridgehead atoms. The van der Waals surface area contributed by atoms with Crippen molar-refractivity contribution in [1.82, 2.24) is 0 Å². The first-order valence-electron chi connectivity index (χ1n) is 6.43. The molecule has 0 spiro atoms. The number of nitrogens with one attached hydrogen (secondary N) is 1. The van der Waals surface area contributed by atoms with Crippen LogP contribution in [0.25, 0.3) is 0 Å². The molecule has 0 saturated carbocycles. The van der Waals surface area contributed by atoms with Gasteiger partial charge < -0.3 is 11.1 Å². The van der Waals surface area contributed by atoms with Crippen molar-refractivity contribution in [2.24, 2.45) is 11.1 Å². The monoisotopic (exact) mass is 285 g/mol. The molecule has 0 heterocycles. The Balaban J connectivity index is 2.81. The van der Waals surface area contributed by atoms with Gasteiger partial charge in [-0.3, -0.25) is 0 Å². The second-order valence-electron chi connectivity index (χ2n) is 5.09. The molecule has 0 amide bonds. The van der Waals surface area contributed by atoms with Crippen LogP contribution in [0.5, 0.6) is 0 Å². The number of nitrogen functional groups attached to an aromatic ring is 1. The summed E-state index contributed by atoms with van der Waals surface area (Å²) in [6.45, 7) is 6.44. The highest BCUT2D eigenvalue weighted by atomic mass is 32.2. The Morgan fingerprint density at radius 2 is 1.95 bits per heavy atom. The lowest BCUT2D eigenvalue weighted by atomic mass is 10.0. The summed E-state index contributed by atoms with van der Waals surface area (Å²) < 4.78 is 22.4. The fraction of sp³-hybridized carbons (Fsp3) is 0.538. The van der Waals surface area contributed by atoms with Gasteiger partial charge in [0.05, 0.1) is 16.3 Å². The second-order valence-corrected chi connectivity index (χ2v) is 6.65. The van der Waals surface area contributed by atoms with Gasteiger partial charge >= 0.3 is 0 Å². The van der Waals surface area contributed by atoms with E-state index >= 15 is 0 Å². The SMILES string of the molecule is CCC(C)CC(C)Nc1ccc(S(N)(=O)=O)cc1N.